The van der Waals surface area contributed by atoms with Crippen molar-refractivity contribution in [2.75, 3.05) is 18.0 Å². The van der Waals surface area contributed by atoms with Crippen LogP contribution in [0.15, 0.2) is 54.6 Å². The van der Waals surface area contributed by atoms with Crippen molar-refractivity contribution < 1.29 is 9.18 Å². The van der Waals surface area contributed by atoms with Gasteiger partial charge in [-0.15, -0.1) is 0 Å². The van der Waals surface area contributed by atoms with Gasteiger partial charge < -0.3 is 5.32 Å². The van der Waals surface area contributed by atoms with E-state index < -0.39 is 0 Å². The lowest BCUT2D eigenvalue weighted by atomic mass is 10.0. The molecule has 0 spiro atoms. The van der Waals surface area contributed by atoms with Crippen molar-refractivity contribution in [2.45, 2.75) is 19.4 Å². The highest BCUT2D eigenvalue weighted by atomic mass is 35.5. The van der Waals surface area contributed by atoms with Gasteiger partial charge in [-0.2, -0.15) is 4.68 Å². The lowest BCUT2D eigenvalue weighted by Crippen LogP contribution is -2.40. The summed E-state index contributed by atoms with van der Waals surface area (Å²) in [5.74, 6) is -0.0162. The number of aromatic nitrogens is 4. The molecule has 3 aromatic rings. The van der Waals surface area contributed by atoms with Crippen molar-refractivity contribution in [3.05, 3.63) is 76.6 Å². The zero-order chi connectivity index (χ0) is 21.1. The van der Waals surface area contributed by atoms with E-state index in [0.29, 0.717) is 17.5 Å². The molecule has 1 aliphatic heterocycles. The zero-order valence-corrected chi connectivity index (χ0v) is 17.1. The summed E-state index contributed by atoms with van der Waals surface area (Å²) in [5.41, 5.74) is 2.46. The Morgan fingerprint density at radius 1 is 1.17 bits per heavy atom. The molecule has 0 unspecified atom stereocenters. The summed E-state index contributed by atoms with van der Waals surface area (Å²) in [6, 6.07) is 13.2. The first-order chi connectivity index (χ1) is 14.6. The zero-order valence-electron chi connectivity index (χ0n) is 16.3. The van der Waals surface area contributed by atoms with E-state index in [-0.39, 0.29) is 24.3 Å². The van der Waals surface area contributed by atoms with E-state index >= 15 is 0 Å². The van der Waals surface area contributed by atoms with Crippen molar-refractivity contribution >= 4 is 29.2 Å². The van der Waals surface area contributed by atoms with E-state index in [9.17, 15) is 9.18 Å². The van der Waals surface area contributed by atoms with Crippen molar-refractivity contribution in [3.8, 4) is 0 Å². The van der Waals surface area contributed by atoms with E-state index in [4.69, 9.17) is 11.6 Å². The first-order valence-corrected chi connectivity index (χ1v) is 10.00. The van der Waals surface area contributed by atoms with E-state index in [2.05, 4.69) is 20.8 Å². The Balaban J connectivity index is 1.78. The highest BCUT2D eigenvalue weighted by Crippen LogP contribution is 2.36. The van der Waals surface area contributed by atoms with Crippen LogP contribution in [0.2, 0.25) is 5.02 Å². The van der Waals surface area contributed by atoms with Gasteiger partial charge in [0.1, 0.15) is 18.4 Å². The van der Waals surface area contributed by atoms with Gasteiger partial charge in [-0.1, -0.05) is 47.9 Å². The predicted octanol–water partition coefficient (Wildman–Crippen LogP) is 3.44. The number of hydrogen-bond donors (Lipinski definition) is 1. The second-order valence-electron chi connectivity index (χ2n) is 6.91. The molecule has 1 N–H and O–H groups in total. The van der Waals surface area contributed by atoms with Gasteiger partial charge in [0.2, 0.25) is 5.91 Å². The number of hydrogen-bond acceptors (Lipinski definition) is 5. The quantitative estimate of drug-likeness (QED) is 0.653. The molecule has 1 atom stereocenters. The number of halogens is 2. The molecule has 30 heavy (non-hydrogen) atoms. The van der Waals surface area contributed by atoms with Crippen molar-refractivity contribution in [3.63, 3.8) is 0 Å². The lowest BCUT2D eigenvalue weighted by molar-refractivity contribution is -0.119. The molecule has 0 saturated heterocycles. The number of rotatable bonds is 6. The number of amides is 1. The maximum atomic E-state index is 13.4. The molecule has 2 aromatic carbocycles. The number of fused-ring (bicyclic) bond motifs is 1. The average molecular weight is 427 g/mol. The Morgan fingerprint density at radius 2 is 1.90 bits per heavy atom. The van der Waals surface area contributed by atoms with Crippen LogP contribution in [0.5, 0.6) is 0 Å². The average Bonchev–Trinajstić information content (AvgIpc) is 3.24. The van der Waals surface area contributed by atoms with Crippen LogP contribution in [-0.4, -0.2) is 39.2 Å². The van der Waals surface area contributed by atoms with Crippen LogP contribution in [0.1, 0.15) is 30.5 Å². The second-order valence-corrected chi connectivity index (χ2v) is 7.35. The minimum atomic E-state index is -0.351. The summed E-state index contributed by atoms with van der Waals surface area (Å²) < 4.78 is 15.1. The van der Waals surface area contributed by atoms with Gasteiger partial charge in [0.25, 0.3) is 5.95 Å². The Labute approximate surface area is 178 Å². The Morgan fingerprint density at radius 3 is 2.60 bits per heavy atom. The van der Waals surface area contributed by atoms with Crippen LogP contribution in [0.4, 0.5) is 10.3 Å². The maximum absolute atomic E-state index is 13.4. The smallest absolute Gasteiger partial charge is 0.251 e. The number of allylic oxidation sites excluding steroid dienone is 1. The number of nitrogens with zero attached hydrogens (tertiary/aromatic N) is 5. The van der Waals surface area contributed by atoms with Crippen LogP contribution in [0, 0.1) is 5.82 Å². The SMILES string of the molecule is CCCNC(=O)CN1C(c2ccc(Cl)cc2)=C[C@H](c2ccc(F)cc2)n2nnnc21. The highest BCUT2D eigenvalue weighted by Gasteiger charge is 2.31. The molecule has 0 fully saturated rings. The predicted molar refractivity (Wildman–Crippen MR) is 112 cm³/mol. The van der Waals surface area contributed by atoms with E-state index in [1.165, 1.54) is 12.1 Å². The first kappa shape index (κ1) is 20.0. The molecular formula is C21H20ClFN6O. The fraction of sp³-hybridized carbons (Fsp3) is 0.238. The van der Waals surface area contributed by atoms with Gasteiger partial charge in [-0.3, -0.25) is 9.69 Å². The molecule has 1 aliphatic rings. The van der Waals surface area contributed by atoms with Crippen molar-refractivity contribution in [2.24, 2.45) is 0 Å². The standard InChI is InChI=1S/C21H20ClFN6O/c1-2-11-24-20(30)13-28-18(14-3-7-16(22)8-4-14)12-19(29-21(28)25-26-27-29)15-5-9-17(23)10-6-15/h3-10,12,19H,2,11,13H2,1H3,(H,24,30)/t19-/m1/s1. The summed E-state index contributed by atoms with van der Waals surface area (Å²) >= 11 is 6.06. The molecule has 1 aromatic heterocycles. The molecular weight excluding hydrogens is 407 g/mol. The maximum Gasteiger partial charge on any atom is 0.251 e. The summed E-state index contributed by atoms with van der Waals surface area (Å²) in [6.07, 6.45) is 2.81. The summed E-state index contributed by atoms with van der Waals surface area (Å²) in [7, 11) is 0. The number of carbonyl (C=O) groups is 1. The van der Waals surface area contributed by atoms with Crippen LogP contribution >= 0.6 is 11.6 Å². The summed E-state index contributed by atoms with van der Waals surface area (Å²) in [4.78, 5) is 14.3. The van der Waals surface area contributed by atoms with Crippen molar-refractivity contribution in [1.82, 2.24) is 25.5 Å². The normalized spacial score (nSPS) is 15.5. The van der Waals surface area contributed by atoms with Crippen LogP contribution < -0.4 is 10.2 Å². The second kappa shape index (κ2) is 8.62. The largest absolute Gasteiger partial charge is 0.355 e. The van der Waals surface area contributed by atoms with Gasteiger partial charge in [-0.05, 0) is 58.3 Å². The molecule has 7 nitrogen and oxygen atoms in total. The fourth-order valence-corrected chi connectivity index (χ4v) is 3.48. The molecule has 0 saturated carbocycles. The van der Waals surface area contributed by atoms with Gasteiger partial charge in [-0.25, -0.2) is 4.39 Å². The fourth-order valence-electron chi connectivity index (χ4n) is 3.35. The third kappa shape index (κ3) is 4.04. The number of carbonyl (C=O) groups excluding carboxylic acids is 1. The van der Waals surface area contributed by atoms with Gasteiger partial charge >= 0.3 is 0 Å². The number of anilines is 1. The summed E-state index contributed by atoms with van der Waals surface area (Å²) in [6.45, 7) is 2.65. The lowest BCUT2D eigenvalue weighted by Gasteiger charge is -2.32. The molecule has 2 heterocycles. The minimum Gasteiger partial charge on any atom is -0.355 e. The molecule has 0 aliphatic carbocycles. The van der Waals surface area contributed by atoms with E-state index in [1.54, 1.807) is 33.8 Å². The van der Waals surface area contributed by atoms with Gasteiger partial charge in [0, 0.05) is 11.6 Å². The monoisotopic (exact) mass is 426 g/mol. The highest BCUT2D eigenvalue weighted by molar-refractivity contribution is 6.30. The molecule has 0 bridgehead atoms. The van der Waals surface area contributed by atoms with E-state index in [1.807, 2.05) is 25.1 Å². The topological polar surface area (TPSA) is 75.9 Å². The molecule has 9 heteroatoms. The number of benzene rings is 2. The van der Waals surface area contributed by atoms with Gasteiger partial charge in [0.05, 0.1) is 5.70 Å². The first-order valence-electron chi connectivity index (χ1n) is 9.62. The molecule has 4 rings (SSSR count). The molecule has 154 valence electrons. The van der Waals surface area contributed by atoms with E-state index in [0.717, 1.165) is 23.2 Å². The molecule has 0 radical (unpaired) electrons. The summed E-state index contributed by atoms with van der Waals surface area (Å²) in [5, 5.41) is 15.6. The van der Waals surface area contributed by atoms with Crippen LogP contribution in [0.25, 0.3) is 5.70 Å². The number of tetrazole rings is 1. The van der Waals surface area contributed by atoms with Crippen LogP contribution in [-0.2, 0) is 4.79 Å². The van der Waals surface area contributed by atoms with Crippen molar-refractivity contribution in [1.29, 1.82) is 0 Å². The number of nitrogens with one attached hydrogen (secondary N) is 1. The third-order valence-electron chi connectivity index (χ3n) is 4.81. The minimum absolute atomic E-state index is 0.0605. The Hall–Kier alpha value is -3.26. The third-order valence-corrected chi connectivity index (χ3v) is 5.06. The van der Waals surface area contributed by atoms with Gasteiger partial charge in [0.15, 0.2) is 0 Å². The molecule has 1 amide bonds. The Kier molecular flexibility index (Phi) is 5.76. The van der Waals surface area contributed by atoms with Crippen LogP contribution in [0.3, 0.4) is 0 Å². The Bertz CT molecular complexity index is 1060.